The van der Waals surface area contributed by atoms with Gasteiger partial charge in [-0.2, -0.15) is 0 Å². The first kappa shape index (κ1) is 16.2. The van der Waals surface area contributed by atoms with Crippen molar-refractivity contribution in [3.05, 3.63) is 102 Å². The first-order valence-corrected chi connectivity index (χ1v) is 9.46. The summed E-state index contributed by atoms with van der Waals surface area (Å²) in [5, 5.41) is 3.21. The van der Waals surface area contributed by atoms with Crippen LogP contribution in [0.5, 0.6) is 0 Å². The summed E-state index contributed by atoms with van der Waals surface area (Å²) in [6.45, 7) is 2.16. The first-order chi connectivity index (χ1) is 13.2. The fourth-order valence-electron chi connectivity index (χ4n) is 3.97. The summed E-state index contributed by atoms with van der Waals surface area (Å²) in [5.41, 5.74) is 7.23. The molecular formula is C25H18ClN. The molecule has 0 bridgehead atoms. The molecule has 1 heterocycles. The average molecular weight is 368 g/mol. The van der Waals surface area contributed by atoms with Crippen molar-refractivity contribution in [1.82, 2.24) is 4.57 Å². The highest BCUT2D eigenvalue weighted by Crippen LogP contribution is 2.37. The van der Waals surface area contributed by atoms with Gasteiger partial charge in [0.05, 0.1) is 16.7 Å². The van der Waals surface area contributed by atoms with Crippen molar-refractivity contribution < 1.29 is 0 Å². The lowest BCUT2D eigenvalue weighted by atomic mass is 9.99. The van der Waals surface area contributed by atoms with Crippen LogP contribution in [-0.4, -0.2) is 4.57 Å². The predicted molar refractivity (Wildman–Crippen MR) is 116 cm³/mol. The Morgan fingerprint density at radius 1 is 0.630 bits per heavy atom. The van der Waals surface area contributed by atoms with Crippen LogP contribution >= 0.6 is 11.6 Å². The molecule has 0 radical (unpaired) electrons. The fraction of sp³-hybridized carbons (Fsp3) is 0.0400. The lowest BCUT2D eigenvalue weighted by Crippen LogP contribution is -1.97. The third kappa shape index (κ3) is 2.55. The quantitative estimate of drug-likeness (QED) is 0.306. The Hall–Kier alpha value is -3.03. The summed E-state index contributed by atoms with van der Waals surface area (Å²) in [7, 11) is 0. The number of aryl methyl sites for hydroxylation is 1. The summed E-state index contributed by atoms with van der Waals surface area (Å²) < 4.78 is 2.33. The number of fused-ring (bicyclic) bond motifs is 3. The van der Waals surface area contributed by atoms with Crippen LogP contribution in [0.15, 0.2) is 91.0 Å². The van der Waals surface area contributed by atoms with Crippen LogP contribution in [0, 0.1) is 6.92 Å². The highest BCUT2D eigenvalue weighted by Gasteiger charge is 2.15. The van der Waals surface area contributed by atoms with E-state index in [1.54, 1.807) is 0 Å². The number of halogens is 1. The van der Waals surface area contributed by atoms with Crippen LogP contribution in [0.2, 0.25) is 5.02 Å². The summed E-state index contributed by atoms with van der Waals surface area (Å²) >= 11 is 6.37. The van der Waals surface area contributed by atoms with Crippen molar-refractivity contribution in [2.45, 2.75) is 6.92 Å². The van der Waals surface area contributed by atoms with Crippen molar-refractivity contribution in [2.24, 2.45) is 0 Å². The number of aromatic nitrogens is 1. The van der Waals surface area contributed by atoms with Crippen LogP contribution in [0.3, 0.4) is 0 Å². The minimum atomic E-state index is 0.750. The molecule has 0 fully saturated rings. The Morgan fingerprint density at radius 2 is 1.30 bits per heavy atom. The highest BCUT2D eigenvalue weighted by atomic mass is 35.5. The molecule has 0 saturated carbocycles. The topological polar surface area (TPSA) is 4.93 Å². The molecule has 0 spiro atoms. The molecule has 5 aromatic rings. The number of benzene rings is 4. The molecule has 0 aliphatic carbocycles. The molecule has 5 rings (SSSR count). The van der Waals surface area contributed by atoms with Crippen molar-refractivity contribution in [1.29, 1.82) is 0 Å². The van der Waals surface area contributed by atoms with Crippen LogP contribution in [0.1, 0.15) is 5.56 Å². The van der Waals surface area contributed by atoms with Gasteiger partial charge in [-0.1, -0.05) is 78.3 Å². The van der Waals surface area contributed by atoms with Crippen LogP contribution < -0.4 is 0 Å². The van der Waals surface area contributed by atoms with E-state index in [-0.39, 0.29) is 0 Å². The summed E-state index contributed by atoms with van der Waals surface area (Å²) in [4.78, 5) is 0. The van der Waals surface area contributed by atoms with Crippen molar-refractivity contribution in [2.75, 3.05) is 0 Å². The van der Waals surface area contributed by atoms with Gasteiger partial charge < -0.3 is 4.57 Å². The van der Waals surface area contributed by atoms with Gasteiger partial charge in [0, 0.05) is 21.4 Å². The van der Waals surface area contributed by atoms with Gasteiger partial charge in [-0.05, 0) is 42.3 Å². The van der Waals surface area contributed by atoms with E-state index in [0.717, 1.165) is 10.5 Å². The maximum absolute atomic E-state index is 6.37. The molecule has 27 heavy (non-hydrogen) atoms. The Bertz CT molecular complexity index is 1300. The van der Waals surface area contributed by atoms with Crippen molar-refractivity contribution in [3.8, 4) is 16.8 Å². The zero-order chi connectivity index (χ0) is 18.4. The molecule has 0 amide bonds. The fourth-order valence-corrected chi connectivity index (χ4v) is 4.14. The number of para-hydroxylation sites is 2. The summed E-state index contributed by atoms with van der Waals surface area (Å²) in [6, 6.07) is 31.8. The van der Waals surface area contributed by atoms with Crippen LogP contribution in [0.4, 0.5) is 0 Å². The Labute approximate surface area is 163 Å². The monoisotopic (exact) mass is 367 g/mol. The molecule has 4 aromatic carbocycles. The minimum Gasteiger partial charge on any atom is -0.309 e. The molecular weight excluding hydrogens is 350 g/mol. The minimum absolute atomic E-state index is 0.750. The normalized spacial score (nSPS) is 11.3. The molecule has 0 saturated heterocycles. The molecule has 0 N–H and O–H groups in total. The van der Waals surface area contributed by atoms with Gasteiger partial charge in [-0.25, -0.2) is 0 Å². The zero-order valence-corrected chi connectivity index (χ0v) is 15.7. The second-order valence-corrected chi connectivity index (χ2v) is 7.28. The molecule has 0 atom stereocenters. The molecule has 0 aliphatic heterocycles. The van der Waals surface area contributed by atoms with Crippen LogP contribution in [-0.2, 0) is 0 Å². The van der Waals surface area contributed by atoms with Gasteiger partial charge in [-0.3, -0.25) is 0 Å². The standard InChI is InChI=1S/C25H18ClN/c1-17-8-2-3-9-19(17)20-10-4-6-12-23(20)27-24-13-7-5-11-21(24)22-15-14-18(26)16-25(22)27/h2-16H,1H3. The van der Waals surface area contributed by atoms with Crippen LogP contribution in [0.25, 0.3) is 38.6 Å². The largest absolute Gasteiger partial charge is 0.309 e. The molecule has 2 heteroatoms. The molecule has 1 aromatic heterocycles. The second-order valence-electron chi connectivity index (χ2n) is 6.85. The maximum Gasteiger partial charge on any atom is 0.0556 e. The predicted octanol–water partition coefficient (Wildman–Crippen LogP) is 7.41. The zero-order valence-electron chi connectivity index (χ0n) is 15.0. The Morgan fingerprint density at radius 3 is 2.15 bits per heavy atom. The molecule has 0 aliphatic rings. The lowest BCUT2D eigenvalue weighted by molar-refractivity contribution is 1.18. The van der Waals surface area contributed by atoms with E-state index in [1.807, 2.05) is 6.07 Å². The van der Waals surface area contributed by atoms with Gasteiger partial charge in [-0.15, -0.1) is 0 Å². The van der Waals surface area contributed by atoms with Gasteiger partial charge in [0.1, 0.15) is 0 Å². The Balaban J connectivity index is 1.93. The molecule has 130 valence electrons. The van der Waals surface area contributed by atoms with E-state index in [0.29, 0.717) is 0 Å². The highest BCUT2D eigenvalue weighted by molar-refractivity contribution is 6.31. The van der Waals surface area contributed by atoms with E-state index in [2.05, 4.69) is 96.4 Å². The Kier molecular flexibility index (Phi) is 3.77. The van der Waals surface area contributed by atoms with Crippen molar-refractivity contribution in [3.63, 3.8) is 0 Å². The number of hydrogen-bond acceptors (Lipinski definition) is 0. The molecule has 0 unspecified atom stereocenters. The van der Waals surface area contributed by atoms with Crippen molar-refractivity contribution >= 4 is 33.4 Å². The number of rotatable bonds is 2. The van der Waals surface area contributed by atoms with Gasteiger partial charge >= 0.3 is 0 Å². The molecule has 1 nitrogen and oxygen atoms in total. The smallest absolute Gasteiger partial charge is 0.0556 e. The number of nitrogens with zero attached hydrogens (tertiary/aromatic N) is 1. The van der Waals surface area contributed by atoms with Gasteiger partial charge in [0.25, 0.3) is 0 Å². The summed E-state index contributed by atoms with van der Waals surface area (Å²) in [6.07, 6.45) is 0. The maximum atomic E-state index is 6.37. The van der Waals surface area contributed by atoms with E-state index in [1.165, 1.54) is 38.7 Å². The van der Waals surface area contributed by atoms with Gasteiger partial charge in [0.2, 0.25) is 0 Å². The third-order valence-electron chi connectivity index (χ3n) is 5.22. The van der Waals surface area contributed by atoms with E-state index in [4.69, 9.17) is 11.6 Å². The lowest BCUT2D eigenvalue weighted by Gasteiger charge is -2.15. The SMILES string of the molecule is Cc1ccccc1-c1ccccc1-n1c2ccccc2c2ccc(Cl)cc21. The third-order valence-corrected chi connectivity index (χ3v) is 5.45. The first-order valence-electron chi connectivity index (χ1n) is 9.08. The van der Waals surface area contributed by atoms with Gasteiger partial charge in [0.15, 0.2) is 0 Å². The van der Waals surface area contributed by atoms with E-state index >= 15 is 0 Å². The average Bonchev–Trinajstić information content (AvgIpc) is 3.02. The second kappa shape index (κ2) is 6.29. The number of hydrogen-bond donors (Lipinski definition) is 0. The van der Waals surface area contributed by atoms with E-state index in [9.17, 15) is 0 Å². The summed E-state index contributed by atoms with van der Waals surface area (Å²) in [5.74, 6) is 0. The van der Waals surface area contributed by atoms with E-state index < -0.39 is 0 Å².